The van der Waals surface area contributed by atoms with Gasteiger partial charge in [-0.3, -0.25) is 4.90 Å². The summed E-state index contributed by atoms with van der Waals surface area (Å²) in [5.74, 6) is -0.0850. The van der Waals surface area contributed by atoms with Crippen LogP contribution in [-0.4, -0.2) is 34.1 Å². The third-order valence-electron chi connectivity index (χ3n) is 3.93. The van der Waals surface area contributed by atoms with Gasteiger partial charge in [0.1, 0.15) is 17.5 Å². The summed E-state index contributed by atoms with van der Waals surface area (Å²) in [7, 11) is 1.93. The molecule has 1 aromatic heterocycles. The van der Waals surface area contributed by atoms with Crippen molar-refractivity contribution >= 4 is 0 Å². The minimum atomic E-state index is -0.493. The molecular weight excluding hydrogens is 274 g/mol. The van der Waals surface area contributed by atoms with Crippen molar-refractivity contribution in [2.24, 2.45) is 7.05 Å². The molecule has 0 bridgehead atoms. The summed E-state index contributed by atoms with van der Waals surface area (Å²) in [6.45, 7) is 2.50. The lowest BCUT2D eigenvalue weighted by molar-refractivity contribution is 0.141. The summed E-state index contributed by atoms with van der Waals surface area (Å²) in [4.78, 5) is 6.44. The minimum absolute atomic E-state index is 0.0118. The lowest BCUT2D eigenvalue weighted by Gasteiger charge is -2.35. The molecular formula is C15H18F2N4. The number of halogens is 2. The summed E-state index contributed by atoms with van der Waals surface area (Å²) in [5, 5.41) is 3.31. The zero-order valence-corrected chi connectivity index (χ0v) is 11.9. The largest absolute Gasteiger partial charge is 0.337 e. The fraction of sp³-hybridized carbons (Fsp3) is 0.400. The van der Waals surface area contributed by atoms with Gasteiger partial charge in [0.2, 0.25) is 0 Å². The van der Waals surface area contributed by atoms with Gasteiger partial charge in [-0.2, -0.15) is 0 Å². The second-order valence-electron chi connectivity index (χ2n) is 5.29. The fourth-order valence-corrected chi connectivity index (χ4v) is 2.77. The number of nitrogens with zero attached hydrogens (tertiary/aromatic N) is 3. The maximum Gasteiger partial charge on any atom is 0.130 e. The van der Waals surface area contributed by atoms with Gasteiger partial charge in [-0.05, 0) is 12.1 Å². The van der Waals surface area contributed by atoms with Gasteiger partial charge in [-0.25, -0.2) is 13.8 Å². The Kier molecular flexibility index (Phi) is 3.98. The average molecular weight is 292 g/mol. The molecule has 2 heterocycles. The van der Waals surface area contributed by atoms with Crippen LogP contribution >= 0.6 is 0 Å². The molecule has 1 N–H and O–H groups in total. The van der Waals surface area contributed by atoms with Crippen LogP contribution in [0, 0.1) is 11.6 Å². The van der Waals surface area contributed by atoms with E-state index in [2.05, 4.69) is 15.2 Å². The van der Waals surface area contributed by atoms with E-state index in [0.29, 0.717) is 0 Å². The van der Waals surface area contributed by atoms with Crippen LogP contribution in [-0.2, 0) is 13.6 Å². The minimum Gasteiger partial charge on any atom is -0.337 e. The predicted octanol–water partition coefficient (Wildman–Crippen LogP) is 1.84. The third-order valence-corrected chi connectivity index (χ3v) is 3.93. The van der Waals surface area contributed by atoms with Crippen LogP contribution in [0.4, 0.5) is 8.78 Å². The first-order chi connectivity index (χ1) is 10.2. The molecule has 6 heteroatoms. The van der Waals surface area contributed by atoms with Gasteiger partial charge >= 0.3 is 0 Å². The summed E-state index contributed by atoms with van der Waals surface area (Å²) >= 11 is 0. The summed E-state index contributed by atoms with van der Waals surface area (Å²) in [6.07, 6.45) is 3.62. The molecule has 1 aliphatic heterocycles. The topological polar surface area (TPSA) is 33.1 Å². The van der Waals surface area contributed by atoms with Gasteiger partial charge in [-0.1, -0.05) is 6.07 Å². The quantitative estimate of drug-likeness (QED) is 0.937. The summed E-state index contributed by atoms with van der Waals surface area (Å²) in [5.41, 5.74) is 0.124. The Hall–Kier alpha value is -1.79. The Morgan fingerprint density at radius 2 is 2.10 bits per heavy atom. The van der Waals surface area contributed by atoms with E-state index in [1.54, 1.807) is 6.20 Å². The standard InChI is InChI=1S/C15H18F2N4/c1-20-7-6-19-15(20)14-9-18-5-8-21(14)10-11-12(16)3-2-4-13(11)17/h2-4,6-7,14,18H,5,8-10H2,1H3. The molecule has 21 heavy (non-hydrogen) atoms. The lowest BCUT2D eigenvalue weighted by atomic mass is 10.1. The third kappa shape index (κ3) is 2.82. The number of hydrogen-bond donors (Lipinski definition) is 1. The van der Waals surface area contributed by atoms with E-state index in [0.717, 1.165) is 25.5 Å². The van der Waals surface area contributed by atoms with E-state index in [-0.39, 0.29) is 18.2 Å². The van der Waals surface area contributed by atoms with Crippen LogP contribution in [0.1, 0.15) is 17.4 Å². The molecule has 0 radical (unpaired) electrons. The molecule has 0 saturated carbocycles. The second-order valence-corrected chi connectivity index (χ2v) is 5.29. The van der Waals surface area contributed by atoms with Crippen LogP contribution in [0.15, 0.2) is 30.6 Å². The lowest BCUT2D eigenvalue weighted by Crippen LogP contribution is -2.46. The molecule has 0 amide bonds. The molecule has 1 fully saturated rings. The van der Waals surface area contributed by atoms with E-state index >= 15 is 0 Å². The van der Waals surface area contributed by atoms with Gasteiger partial charge in [0.15, 0.2) is 0 Å². The van der Waals surface area contributed by atoms with Crippen molar-refractivity contribution in [3.63, 3.8) is 0 Å². The molecule has 1 unspecified atom stereocenters. The van der Waals surface area contributed by atoms with Crippen molar-refractivity contribution in [1.82, 2.24) is 19.8 Å². The Labute approximate surface area is 122 Å². The molecule has 112 valence electrons. The van der Waals surface area contributed by atoms with Crippen LogP contribution in [0.25, 0.3) is 0 Å². The zero-order valence-electron chi connectivity index (χ0n) is 11.9. The van der Waals surface area contributed by atoms with Crippen LogP contribution in [0.3, 0.4) is 0 Å². The van der Waals surface area contributed by atoms with Crippen LogP contribution in [0.2, 0.25) is 0 Å². The molecule has 1 saturated heterocycles. The molecule has 2 aromatic rings. The second kappa shape index (κ2) is 5.91. The summed E-state index contributed by atoms with van der Waals surface area (Å²) < 4.78 is 29.6. The number of aryl methyl sites for hydroxylation is 1. The number of nitrogens with one attached hydrogen (secondary N) is 1. The van der Waals surface area contributed by atoms with Crippen molar-refractivity contribution in [2.45, 2.75) is 12.6 Å². The number of benzene rings is 1. The monoisotopic (exact) mass is 292 g/mol. The predicted molar refractivity (Wildman–Crippen MR) is 75.6 cm³/mol. The Bertz CT molecular complexity index is 606. The molecule has 0 spiro atoms. The first kappa shape index (κ1) is 14.2. The summed E-state index contributed by atoms with van der Waals surface area (Å²) in [6, 6.07) is 4.01. The molecule has 1 atom stereocenters. The van der Waals surface area contributed by atoms with E-state index in [4.69, 9.17) is 0 Å². The van der Waals surface area contributed by atoms with Crippen LogP contribution in [0.5, 0.6) is 0 Å². The molecule has 4 nitrogen and oxygen atoms in total. The maximum atomic E-state index is 13.9. The van der Waals surface area contributed by atoms with Crippen molar-refractivity contribution in [2.75, 3.05) is 19.6 Å². The Morgan fingerprint density at radius 3 is 2.76 bits per heavy atom. The number of aromatic nitrogens is 2. The van der Waals surface area contributed by atoms with E-state index in [1.165, 1.54) is 18.2 Å². The van der Waals surface area contributed by atoms with E-state index < -0.39 is 11.6 Å². The zero-order chi connectivity index (χ0) is 14.8. The highest BCUT2D eigenvalue weighted by Crippen LogP contribution is 2.24. The van der Waals surface area contributed by atoms with Crippen molar-refractivity contribution in [3.8, 4) is 0 Å². The van der Waals surface area contributed by atoms with Gasteiger partial charge in [0.05, 0.1) is 6.04 Å². The van der Waals surface area contributed by atoms with E-state index in [9.17, 15) is 8.78 Å². The first-order valence-electron chi connectivity index (χ1n) is 7.01. The highest BCUT2D eigenvalue weighted by Gasteiger charge is 2.28. The smallest absolute Gasteiger partial charge is 0.130 e. The molecule has 1 aliphatic rings. The highest BCUT2D eigenvalue weighted by atomic mass is 19.1. The normalized spacial score (nSPS) is 19.9. The van der Waals surface area contributed by atoms with Gasteiger partial charge in [0.25, 0.3) is 0 Å². The van der Waals surface area contributed by atoms with Gasteiger partial charge < -0.3 is 9.88 Å². The van der Waals surface area contributed by atoms with Crippen molar-refractivity contribution < 1.29 is 8.78 Å². The van der Waals surface area contributed by atoms with Gasteiger partial charge in [-0.15, -0.1) is 0 Å². The molecule has 3 rings (SSSR count). The fourth-order valence-electron chi connectivity index (χ4n) is 2.77. The van der Waals surface area contributed by atoms with Crippen molar-refractivity contribution in [3.05, 3.63) is 53.6 Å². The van der Waals surface area contributed by atoms with Crippen LogP contribution < -0.4 is 5.32 Å². The van der Waals surface area contributed by atoms with Crippen molar-refractivity contribution in [1.29, 1.82) is 0 Å². The maximum absolute atomic E-state index is 13.9. The number of piperazine rings is 1. The Balaban J connectivity index is 1.87. The average Bonchev–Trinajstić information content (AvgIpc) is 2.90. The van der Waals surface area contributed by atoms with E-state index in [1.807, 2.05) is 17.8 Å². The number of rotatable bonds is 3. The highest BCUT2D eigenvalue weighted by molar-refractivity contribution is 5.20. The number of imidazole rings is 1. The first-order valence-corrected chi connectivity index (χ1v) is 7.01. The SMILES string of the molecule is Cn1ccnc1C1CNCCN1Cc1c(F)cccc1F. The number of hydrogen-bond acceptors (Lipinski definition) is 3. The molecule has 1 aromatic carbocycles. The molecule has 0 aliphatic carbocycles. The Morgan fingerprint density at radius 1 is 1.33 bits per heavy atom. The van der Waals surface area contributed by atoms with Gasteiger partial charge in [0, 0.05) is 51.2 Å².